The van der Waals surface area contributed by atoms with Gasteiger partial charge in [-0.25, -0.2) is 4.79 Å². The largest absolute Gasteiger partial charge is 0.508 e. The molecule has 10 N–H and O–H groups in total. The number of dihydropyridines is 2. The summed E-state index contributed by atoms with van der Waals surface area (Å²) in [6.07, 6.45) is 13.4. The number of aliphatic hydroxyl groups excluding tert-OH is 2. The first-order chi connectivity index (χ1) is 31.7. The van der Waals surface area contributed by atoms with Crippen molar-refractivity contribution >= 4 is 16.9 Å². The Balaban J connectivity index is 1.26. The van der Waals surface area contributed by atoms with Gasteiger partial charge < -0.3 is 55.8 Å². The van der Waals surface area contributed by atoms with Crippen molar-refractivity contribution in [2.24, 2.45) is 17.6 Å². The van der Waals surface area contributed by atoms with Crippen LogP contribution in [0, 0.1) is 11.8 Å². The Morgan fingerprint density at radius 1 is 1.11 bits per heavy atom. The highest BCUT2D eigenvalue weighted by atomic mass is 16.6. The summed E-state index contributed by atoms with van der Waals surface area (Å²) in [6, 6.07) is 6.75. The molecular formula is C52H62N4O10. The third-order valence-corrected chi connectivity index (χ3v) is 16.0. The Bertz CT molecular complexity index is 2710. The van der Waals surface area contributed by atoms with Gasteiger partial charge in [0, 0.05) is 60.2 Å². The third kappa shape index (κ3) is 7.31. The third-order valence-electron chi connectivity index (χ3n) is 16.0. The van der Waals surface area contributed by atoms with Crippen molar-refractivity contribution in [3.8, 4) is 17.2 Å². The highest BCUT2D eigenvalue weighted by molar-refractivity contribution is 5.93. The van der Waals surface area contributed by atoms with Crippen LogP contribution in [0.4, 0.5) is 0 Å². The monoisotopic (exact) mass is 902 g/mol. The second kappa shape index (κ2) is 17.0. The van der Waals surface area contributed by atoms with Gasteiger partial charge in [-0.15, -0.1) is 0 Å². The molecule has 2 aromatic carbocycles. The number of ether oxygens (including phenoxy) is 2. The van der Waals surface area contributed by atoms with Gasteiger partial charge in [-0.3, -0.25) is 10.1 Å². The first-order valence-corrected chi connectivity index (χ1v) is 23.8. The normalized spacial score (nSPS) is 30.1. The molecule has 1 aromatic heterocycles. The van der Waals surface area contributed by atoms with Crippen LogP contribution in [0.25, 0.3) is 11.0 Å². The summed E-state index contributed by atoms with van der Waals surface area (Å²) in [6.45, 7) is 5.23. The van der Waals surface area contributed by atoms with Gasteiger partial charge in [-0.2, -0.15) is 0 Å². The van der Waals surface area contributed by atoms with Crippen LogP contribution in [0.5, 0.6) is 17.2 Å². The van der Waals surface area contributed by atoms with Gasteiger partial charge in [0.1, 0.15) is 58.1 Å². The number of fused-ring (bicyclic) bond motifs is 6. The van der Waals surface area contributed by atoms with E-state index in [1.165, 1.54) is 5.57 Å². The Morgan fingerprint density at radius 3 is 2.67 bits per heavy atom. The standard InChI is InChI=1S/C52H62N4O10/c1-4-38(52(63)14-5-6-15-52)50(62)65-40-22-36-45(61)43-39(60)21-33(24-57)64-47(43)44-42-34-13-16-54-48(53)41(34)29(10-9-28-11-12-32(59)20-35(28)37(42)25-58)19-31(51(40,3)66-46(36)44)18-27-17-30-8-7-26(2)56-49(30)55-23-27/h4,11-13,17,20-21,23,26,29,31,37,40,42,49,54-59,61,63H,5-10,14-16,18-19,22,24-25,53H2,1-3H3/b38-4+/t26-,29-,31+,37+,40+,42+,49?,51-/m0/s1. The molecule has 14 heteroatoms. The summed E-state index contributed by atoms with van der Waals surface area (Å²) in [5.74, 6) is -2.61. The number of carbonyl (C=O) groups is 1. The summed E-state index contributed by atoms with van der Waals surface area (Å²) in [5, 5.41) is 68.1. The summed E-state index contributed by atoms with van der Waals surface area (Å²) >= 11 is 0. The molecule has 8 atom stereocenters. The number of rotatable bonds is 7. The molecule has 6 heterocycles. The minimum atomic E-state index is -1.35. The minimum Gasteiger partial charge on any atom is -0.508 e. The first-order valence-electron chi connectivity index (χ1n) is 23.8. The van der Waals surface area contributed by atoms with E-state index in [0.717, 1.165) is 54.0 Å². The number of hydrogen-bond acceptors (Lipinski definition) is 14. The molecule has 14 nitrogen and oxygen atoms in total. The summed E-state index contributed by atoms with van der Waals surface area (Å²) in [7, 11) is 0. The maximum absolute atomic E-state index is 14.7. The Morgan fingerprint density at radius 2 is 1.91 bits per heavy atom. The van der Waals surface area contributed by atoms with E-state index in [4.69, 9.17) is 19.6 Å². The van der Waals surface area contributed by atoms with E-state index in [1.807, 2.05) is 13.0 Å². The van der Waals surface area contributed by atoms with Gasteiger partial charge in [0.2, 0.25) is 0 Å². The highest BCUT2D eigenvalue weighted by Gasteiger charge is 2.55. The van der Waals surface area contributed by atoms with Crippen molar-refractivity contribution in [1.82, 2.24) is 16.0 Å². The Kier molecular flexibility index (Phi) is 11.4. The van der Waals surface area contributed by atoms with Crippen molar-refractivity contribution in [3.63, 3.8) is 0 Å². The number of phenolic OH excluding ortho intramolecular Hbond substituents is 2. The topological polar surface area (TPSA) is 229 Å². The number of nitrogens with two attached hydrogens (primary N) is 1. The lowest BCUT2D eigenvalue weighted by molar-refractivity contribution is -0.167. The molecular weight excluding hydrogens is 841 g/mol. The number of aliphatic hydroxyl groups is 3. The summed E-state index contributed by atoms with van der Waals surface area (Å²) in [4.78, 5) is 29.0. The Hall–Kier alpha value is -5.54. The predicted molar refractivity (Wildman–Crippen MR) is 247 cm³/mol. The maximum Gasteiger partial charge on any atom is 0.337 e. The fourth-order valence-corrected chi connectivity index (χ4v) is 12.6. The zero-order chi connectivity index (χ0) is 46.2. The molecule has 4 bridgehead atoms. The zero-order valence-corrected chi connectivity index (χ0v) is 37.9. The molecule has 0 spiro atoms. The molecule has 3 aromatic rings. The van der Waals surface area contributed by atoms with E-state index in [2.05, 4.69) is 41.2 Å². The van der Waals surface area contributed by atoms with Crippen molar-refractivity contribution in [3.05, 3.63) is 121 Å². The molecule has 350 valence electrons. The van der Waals surface area contributed by atoms with Crippen LogP contribution < -0.4 is 31.8 Å². The van der Waals surface area contributed by atoms with Gasteiger partial charge in [-0.1, -0.05) is 37.1 Å². The van der Waals surface area contributed by atoms with E-state index in [-0.39, 0.29) is 57.9 Å². The zero-order valence-electron chi connectivity index (χ0n) is 37.9. The highest BCUT2D eigenvalue weighted by Crippen LogP contribution is 2.59. The van der Waals surface area contributed by atoms with Gasteiger partial charge >= 0.3 is 5.97 Å². The number of nitrogens with one attached hydrogen (secondary N) is 3. The van der Waals surface area contributed by atoms with Gasteiger partial charge in [0.25, 0.3) is 0 Å². The van der Waals surface area contributed by atoms with Gasteiger partial charge in [0.15, 0.2) is 5.43 Å². The average molecular weight is 903 g/mol. The van der Waals surface area contributed by atoms with Crippen LogP contribution in [0.3, 0.4) is 0 Å². The maximum atomic E-state index is 14.7. The molecule has 10 rings (SSSR count). The second-order valence-electron chi connectivity index (χ2n) is 19.9. The molecule has 0 radical (unpaired) electrons. The lowest BCUT2D eigenvalue weighted by Crippen LogP contribution is -2.57. The first kappa shape index (κ1) is 44.3. The van der Waals surface area contributed by atoms with Crippen molar-refractivity contribution in [2.75, 3.05) is 13.2 Å². The Labute approximate surface area is 383 Å². The lowest BCUT2D eigenvalue weighted by atomic mass is 9.65. The van der Waals surface area contributed by atoms with E-state index in [0.29, 0.717) is 68.1 Å². The molecule has 2 fully saturated rings. The number of allylic oxidation sites excluding steroid dienone is 5. The van der Waals surface area contributed by atoms with Crippen LogP contribution in [0.1, 0.15) is 118 Å². The number of piperidine rings is 1. The predicted octanol–water partition coefficient (Wildman–Crippen LogP) is 5.60. The number of hydrogen-bond donors (Lipinski definition) is 9. The van der Waals surface area contributed by atoms with Crippen LogP contribution in [0.2, 0.25) is 0 Å². The van der Waals surface area contributed by atoms with Crippen LogP contribution >= 0.6 is 0 Å². The second-order valence-corrected chi connectivity index (χ2v) is 19.9. The van der Waals surface area contributed by atoms with Crippen LogP contribution in [0.15, 0.2) is 91.6 Å². The molecule has 7 aliphatic rings. The van der Waals surface area contributed by atoms with E-state index < -0.39 is 65.4 Å². The van der Waals surface area contributed by atoms with Crippen molar-refractivity contribution < 1.29 is 44.2 Å². The SMILES string of the molecule is C/C=C(\C(=O)O[C@@H]1Cc2c3c(c4oc(CO)cc(=O)c4c2O)[C@@H]2C4=CCNC(N)=C4[C@@H](CCc4ccc(O)cc4[C@H]2CO)C[C@@H](CC2=CNC4N[C@@H](C)CCC4=C2)[C@]1(C)O3)C1(O)CCCC1. The molecule has 0 amide bonds. The molecule has 5 aliphatic heterocycles. The number of benzene rings is 2. The number of aryl methyl sites for hydroxylation is 1. The molecule has 1 saturated heterocycles. The molecule has 66 heavy (non-hydrogen) atoms. The number of carbonyl (C=O) groups excluding carboxylic acids is 1. The summed E-state index contributed by atoms with van der Waals surface area (Å²) < 4.78 is 20.8. The molecule has 2 aliphatic carbocycles. The number of aromatic hydroxyl groups is 2. The van der Waals surface area contributed by atoms with E-state index >= 15 is 0 Å². The van der Waals surface area contributed by atoms with Crippen molar-refractivity contribution in [1.29, 1.82) is 0 Å². The quantitative estimate of drug-likeness (QED) is 0.104. The fraction of sp³-hybridized carbons (Fsp3) is 0.500. The molecule has 1 saturated carbocycles. The lowest BCUT2D eigenvalue weighted by Gasteiger charge is -2.50. The van der Waals surface area contributed by atoms with Crippen LogP contribution in [-0.2, 0) is 29.0 Å². The fourth-order valence-electron chi connectivity index (χ4n) is 12.6. The van der Waals surface area contributed by atoms with Crippen molar-refractivity contribution in [2.45, 2.75) is 139 Å². The molecule has 1 unspecified atom stereocenters. The van der Waals surface area contributed by atoms with Crippen LogP contribution in [-0.4, -0.2) is 74.2 Å². The van der Waals surface area contributed by atoms with E-state index in [1.54, 1.807) is 25.1 Å². The van der Waals surface area contributed by atoms with Gasteiger partial charge in [0.05, 0.1) is 23.9 Å². The smallest absolute Gasteiger partial charge is 0.337 e. The average Bonchev–Trinajstić information content (AvgIpc) is 3.75. The van der Waals surface area contributed by atoms with Gasteiger partial charge in [-0.05, 0) is 124 Å². The summed E-state index contributed by atoms with van der Waals surface area (Å²) in [5.41, 5.74) is 10.2. The number of phenols is 2. The van der Waals surface area contributed by atoms with E-state index in [9.17, 15) is 35.1 Å². The number of esters is 1. The minimum absolute atomic E-state index is 0.00956.